The lowest BCUT2D eigenvalue weighted by Crippen LogP contribution is -2.47. The van der Waals surface area contributed by atoms with Crippen molar-refractivity contribution in [2.45, 2.75) is 32.9 Å². The second-order valence-corrected chi connectivity index (χ2v) is 6.45. The number of halogens is 2. The van der Waals surface area contributed by atoms with E-state index in [0.717, 1.165) is 4.47 Å². The fourth-order valence-electron chi connectivity index (χ4n) is 2.33. The van der Waals surface area contributed by atoms with Crippen molar-refractivity contribution in [3.8, 4) is 0 Å². The van der Waals surface area contributed by atoms with E-state index >= 15 is 0 Å². The fraction of sp³-hybridized carbons (Fsp3) is 0.467. The number of hydrogen-bond acceptors (Lipinski definition) is 2. The first-order valence-corrected chi connectivity index (χ1v) is 7.70. The summed E-state index contributed by atoms with van der Waals surface area (Å²) in [6.07, 6.45) is 0.241. The molecular formula is C15H18BrFN2O2. The highest BCUT2D eigenvalue weighted by molar-refractivity contribution is 9.10. The summed E-state index contributed by atoms with van der Waals surface area (Å²) in [4.78, 5) is 25.8. The Hall–Kier alpha value is -1.43. The molecule has 0 spiro atoms. The molecule has 2 rings (SSSR count). The number of carbonyl (C=O) groups is 2. The van der Waals surface area contributed by atoms with Gasteiger partial charge in [0.25, 0.3) is 0 Å². The van der Waals surface area contributed by atoms with Crippen molar-refractivity contribution in [1.82, 2.24) is 10.2 Å². The Kier molecular flexibility index (Phi) is 4.98. The van der Waals surface area contributed by atoms with Crippen molar-refractivity contribution in [2.75, 3.05) is 6.54 Å². The van der Waals surface area contributed by atoms with Crippen LogP contribution in [0.25, 0.3) is 0 Å². The topological polar surface area (TPSA) is 49.4 Å². The number of nitrogens with one attached hydrogen (secondary N) is 1. The average molecular weight is 357 g/mol. The van der Waals surface area contributed by atoms with E-state index in [2.05, 4.69) is 21.2 Å². The van der Waals surface area contributed by atoms with Gasteiger partial charge in [0.1, 0.15) is 11.9 Å². The third-order valence-corrected chi connectivity index (χ3v) is 4.03. The molecule has 0 aliphatic carbocycles. The van der Waals surface area contributed by atoms with Gasteiger partial charge in [0.2, 0.25) is 11.8 Å². The van der Waals surface area contributed by atoms with Crippen LogP contribution in [0.15, 0.2) is 22.7 Å². The van der Waals surface area contributed by atoms with Crippen molar-refractivity contribution in [3.63, 3.8) is 0 Å². The van der Waals surface area contributed by atoms with Gasteiger partial charge in [0.05, 0.1) is 0 Å². The molecule has 4 nitrogen and oxygen atoms in total. The zero-order chi connectivity index (χ0) is 15.6. The van der Waals surface area contributed by atoms with Crippen LogP contribution < -0.4 is 5.32 Å². The molecule has 1 fully saturated rings. The van der Waals surface area contributed by atoms with Crippen LogP contribution in [0.5, 0.6) is 0 Å². The van der Waals surface area contributed by atoms with Gasteiger partial charge in [-0.1, -0.05) is 29.8 Å². The average Bonchev–Trinajstić information content (AvgIpc) is 2.56. The van der Waals surface area contributed by atoms with Crippen molar-refractivity contribution in [3.05, 3.63) is 34.1 Å². The molecule has 1 atom stereocenters. The quantitative estimate of drug-likeness (QED) is 0.904. The van der Waals surface area contributed by atoms with Crippen LogP contribution >= 0.6 is 15.9 Å². The van der Waals surface area contributed by atoms with E-state index in [1.165, 1.54) is 6.07 Å². The van der Waals surface area contributed by atoms with Gasteiger partial charge in [-0.15, -0.1) is 0 Å². The monoisotopic (exact) mass is 356 g/mol. The first-order chi connectivity index (χ1) is 9.88. The van der Waals surface area contributed by atoms with Crippen LogP contribution in [0.2, 0.25) is 0 Å². The van der Waals surface area contributed by atoms with Gasteiger partial charge < -0.3 is 10.2 Å². The van der Waals surface area contributed by atoms with Gasteiger partial charge in [-0.25, -0.2) is 4.39 Å². The maximum atomic E-state index is 13.8. The molecule has 1 N–H and O–H groups in total. The number of nitrogens with zero attached hydrogens (tertiary/aromatic N) is 1. The Morgan fingerprint density at radius 3 is 2.81 bits per heavy atom. The summed E-state index contributed by atoms with van der Waals surface area (Å²) >= 11 is 3.30. The van der Waals surface area contributed by atoms with Gasteiger partial charge in [0.15, 0.2) is 0 Å². The van der Waals surface area contributed by atoms with E-state index in [-0.39, 0.29) is 36.5 Å². The summed E-state index contributed by atoms with van der Waals surface area (Å²) in [5.74, 6) is -0.653. The summed E-state index contributed by atoms with van der Waals surface area (Å²) in [6.45, 7) is 4.24. The molecule has 1 saturated heterocycles. The lowest BCUT2D eigenvalue weighted by molar-refractivity contribution is -0.135. The highest BCUT2D eigenvalue weighted by Gasteiger charge is 2.32. The van der Waals surface area contributed by atoms with Crippen molar-refractivity contribution in [2.24, 2.45) is 5.92 Å². The Balaban J connectivity index is 2.23. The molecule has 1 heterocycles. The summed E-state index contributed by atoms with van der Waals surface area (Å²) in [6, 6.07) is 4.10. The van der Waals surface area contributed by atoms with Crippen molar-refractivity contribution >= 4 is 27.7 Å². The second-order valence-electron chi connectivity index (χ2n) is 5.53. The Morgan fingerprint density at radius 2 is 2.14 bits per heavy atom. The largest absolute Gasteiger partial charge is 0.344 e. The highest BCUT2D eigenvalue weighted by Crippen LogP contribution is 2.19. The maximum Gasteiger partial charge on any atom is 0.245 e. The molecule has 1 aliphatic rings. The molecule has 0 bridgehead atoms. The number of amides is 2. The second kappa shape index (κ2) is 6.56. The van der Waals surface area contributed by atoms with Crippen LogP contribution in [0.3, 0.4) is 0 Å². The predicted octanol–water partition coefficient (Wildman–Crippen LogP) is 2.46. The minimum Gasteiger partial charge on any atom is -0.344 e. The standard InChI is InChI=1S/C15H18BrFN2O2/c1-9(2)14-15(21)19(6-5-13(20)18-14)8-10-7-11(16)3-4-12(10)17/h3-4,7,9,14H,5-6,8H2,1-2H3,(H,18,20). The van der Waals surface area contributed by atoms with Crippen LogP contribution in [-0.4, -0.2) is 29.3 Å². The third kappa shape index (κ3) is 3.81. The number of benzene rings is 1. The lowest BCUT2D eigenvalue weighted by Gasteiger charge is -2.26. The Labute approximate surface area is 131 Å². The number of hydrogen-bond donors (Lipinski definition) is 1. The number of carbonyl (C=O) groups excluding carboxylic acids is 2. The predicted molar refractivity (Wildman–Crippen MR) is 80.9 cm³/mol. The summed E-state index contributed by atoms with van der Waals surface area (Å²) < 4.78 is 14.6. The summed E-state index contributed by atoms with van der Waals surface area (Å²) in [5.41, 5.74) is 0.439. The number of rotatable bonds is 3. The smallest absolute Gasteiger partial charge is 0.245 e. The Bertz CT molecular complexity index is 563. The van der Waals surface area contributed by atoms with E-state index < -0.39 is 6.04 Å². The van der Waals surface area contributed by atoms with Crippen molar-refractivity contribution in [1.29, 1.82) is 0 Å². The van der Waals surface area contributed by atoms with Crippen LogP contribution in [-0.2, 0) is 16.1 Å². The molecule has 1 aromatic rings. The zero-order valence-electron chi connectivity index (χ0n) is 12.0. The molecular weight excluding hydrogens is 339 g/mol. The van der Waals surface area contributed by atoms with Gasteiger partial charge in [0, 0.05) is 29.5 Å². The van der Waals surface area contributed by atoms with Gasteiger partial charge in [-0.3, -0.25) is 9.59 Å². The molecule has 1 unspecified atom stereocenters. The Morgan fingerprint density at radius 1 is 1.43 bits per heavy atom. The molecule has 1 aliphatic heterocycles. The molecule has 114 valence electrons. The zero-order valence-corrected chi connectivity index (χ0v) is 13.6. The molecule has 0 saturated carbocycles. The van der Waals surface area contributed by atoms with E-state index in [0.29, 0.717) is 12.1 Å². The van der Waals surface area contributed by atoms with Crippen LogP contribution in [0.1, 0.15) is 25.8 Å². The molecule has 1 aromatic carbocycles. The first kappa shape index (κ1) is 15.9. The maximum absolute atomic E-state index is 13.8. The molecule has 21 heavy (non-hydrogen) atoms. The summed E-state index contributed by atoms with van der Waals surface area (Å²) in [7, 11) is 0. The van der Waals surface area contributed by atoms with E-state index in [1.807, 2.05) is 13.8 Å². The van der Waals surface area contributed by atoms with Crippen molar-refractivity contribution < 1.29 is 14.0 Å². The van der Waals surface area contributed by atoms with Crippen LogP contribution in [0.4, 0.5) is 4.39 Å². The highest BCUT2D eigenvalue weighted by atomic mass is 79.9. The van der Waals surface area contributed by atoms with Gasteiger partial charge in [-0.2, -0.15) is 0 Å². The minimum absolute atomic E-state index is 0.00518. The molecule has 0 radical (unpaired) electrons. The SMILES string of the molecule is CC(C)C1NC(=O)CCN(Cc2cc(Br)ccc2F)C1=O. The molecule has 6 heteroatoms. The summed E-state index contributed by atoms with van der Waals surface area (Å²) in [5, 5.41) is 2.74. The normalized spacial score (nSPS) is 19.7. The first-order valence-electron chi connectivity index (χ1n) is 6.90. The minimum atomic E-state index is -0.546. The fourth-order valence-corrected chi connectivity index (χ4v) is 2.74. The lowest BCUT2D eigenvalue weighted by atomic mass is 10.0. The molecule has 0 aromatic heterocycles. The van der Waals surface area contributed by atoms with E-state index in [1.54, 1.807) is 17.0 Å². The third-order valence-electron chi connectivity index (χ3n) is 3.54. The molecule has 2 amide bonds. The van der Waals surface area contributed by atoms with E-state index in [4.69, 9.17) is 0 Å². The van der Waals surface area contributed by atoms with E-state index in [9.17, 15) is 14.0 Å². The van der Waals surface area contributed by atoms with Gasteiger partial charge >= 0.3 is 0 Å². The van der Waals surface area contributed by atoms with Crippen LogP contribution in [0, 0.1) is 11.7 Å². The van der Waals surface area contributed by atoms with Gasteiger partial charge in [-0.05, 0) is 24.1 Å².